The number of ketones is 1. The van der Waals surface area contributed by atoms with Gasteiger partial charge in [0.1, 0.15) is 11.5 Å². The van der Waals surface area contributed by atoms with Gasteiger partial charge in [-0.1, -0.05) is 29.3 Å². The number of carbonyl (C=O) groups excluding carboxylic acids is 2. The molecule has 0 unspecified atom stereocenters. The monoisotopic (exact) mass is 425 g/mol. The van der Waals surface area contributed by atoms with Gasteiger partial charge in [-0.2, -0.15) is 0 Å². The van der Waals surface area contributed by atoms with E-state index in [0.717, 1.165) is 0 Å². The summed E-state index contributed by atoms with van der Waals surface area (Å²) in [6.07, 6.45) is 4.57. The van der Waals surface area contributed by atoms with Gasteiger partial charge in [0.05, 0.1) is 11.1 Å². The maximum atomic E-state index is 12.8. The highest BCUT2D eigenvalue weighted by Crippen LogP contribution is 2.38. The zero-order chi connectivity index (χ0) is 20.5. The van der Waals surface area contributed by atoms with Gasteiger partial charge < -0.3 is 9.47 Å². The van der Waals surface area contributed by atoms with Crippen molar-refractivity contribution in [1.29, 1.82) is 0 Å². The van der Waals surface area contributed by atoms with E-state index >= 15 is 0 Å². The molecule has 1 aromatic heterocycles. The van der Waals surface area contributed by atoms with Crippen molar-refractivity contribution in [1.82, 2.24) is 4.98 Å². The van der Waals surface area contributed by atoms with Crippen molar-refractivity contribution in [2.45, 2.75) is 6.92 Å². The number of allylic oxidation sites excluding steroid dienone is 1. The van der Waals surface area contributed by atoms with Crippen molar-refractivity contribution in [2.24, 2.45) is 0 Å². The third-order valence-electron chi connectivity index (χ3n) is 4.32. The molecule has 0 saturated heterocycles. The number of benzene rings is 2. The summed E-state index contributed by atoms with van der Waals surface area (Å²) in [7, 11) is 0. The molecule has 0 spiro atoms. The summed E-state index contributed by atoms with van der Waals surface area (Å²) >= 11 is 12.1. The number of fused-ring (bicyclic) bond motifs is 1. The molecule has 0 atom stereocenters. The zero-order valence-corrected chi connectivity index (χ0v) is 16.6. The van der Waals surface area contributed by atoms with Gasteiger partial charge in [-0.05, 0) is 54.5 Å². The van der Waals surface area contributed by atoms with E-state index in [1.807, 2.05) is 0 Å². The van der Waals surface area contributed by atoms with Gasteiger partial charge in [-0.15, -0.1) is 0 Å². The first kappa shape index (κ1) is 19.2. The second-order valence-corrected chi connectivity index (χ2v) is 7.19. The van der Waals surface area contributed by atoms with Crippen LogP contribution in [-0.2, 0) is 0 Å². The molecule has 2 heterocycles. The molecule has 7 heteroatoms. The minimum atomic E-state index is -0.528. The topological polar surface area (TPSA) is 65.5 Å². The summed E-state index contributed by atoms with van der Waals surface area (Å²) in [5.41, 5.74) is 2.03. The molecule has 0 radical (unpaired) electrons. The minimum Gasteiger partial charge on any atom is -0.452 e. The van der Waals surface area contributed by atoms with Crippen LogP contribution in [0.1, 0.15) is 31.8 Å². The molecule has 1 aliphatic heterocycles. The van der Waals surface area contributed by atoms with Crippen molar-refractivity contribution in [3.63, 3.8) is 0 Å². The molecular formula is C22H13Cl2NO4. The van der Waals surface area contributed by atoms with Crippen LogP contribution >= 0.6 is 23.2 Å². The average Bonchev–Trinajstić information content (AvgIpc) is 3.00. The maximum Gasteiger partial charge on any atom is 0.343 e. The van der Waals surface area contributed by atoms with E-state index in [0.29, 0.717) is 38.0 Å². The number of aromatic nitrogens is 1. The molecular weight excluding hydrogens is 413 g/mol. The lowest BCUT2D eigenvalue weighted by Gasteiger charge is -2.07. The SMILES string of the molecule is Cc1cc(OC(=O)c2ccncc2)cc2c1C(=O)/C(=C/c1ccc(Cl)cc1Cl)O2. The third-order valence-corrected chi connectivity index (χ3v) is 4.88. The summed E-state index contributed by atoms with van der Waals surface area (Å²) in [5, 5.41) is 0.900. The van der Waals surface area contributed by atoms with Crippen LogP contribution in [0, 0.1) is 6.92 Å². The Labute approximate surface area is 176 Å². The van der Waals surface area contributed by atoms with E-state index in [2.05, 4.69) is 4.98 Å². The van der Waals surface area contributed by atoms with E-state index in [9.17, 15) is 9.59 Å². The Balaban J connectivity index is 1.63. The quantitative estimate of drug-likeness (QED) is 0.313. The fourth-order valence-electron chi connectivity index (χ4n) is 2.95. The van der Waals surface area contributed by atoms with Crippen molar-refractivity contribution >= 4 is 41.0 Å². The normalized spacial score (nSPS) is 13.9. The fourth-order valence-corrected chi connectivity index (χ4v) is 3.41. The van der Waals surface area contributed by atoms with E-state index < -0.39 is 5.97 Å². The Bertz CT molecular complexity index is 1170. The first-order chi connectivity index (χ1) is 13.9. The molecule has 2 aromatic carbocycles. The van der Waals surface area contributed by atoms with E-state index in [1.54, 1.807) is 49.4 Å². The molecule has 3 aromatic rings. The number of hydrogen-bond acceptors (Lipinski definition) is 5. The van der Waals surface area contributed by atoms with Crippen LogP contribution in [0.25, 0.3) is 6.08 Å². The minimum absolute atomic E-state index is 0.130. The fraction of sp³-hybridized carbons (Fsp3) is 0.0455. The summed E-state index contributed by atoms with van der Waals surface area (Å²) in [4.78, 5) is 28.9. The lowest BCUT2D eigenvalue weighted by Crippen LogP contribution is -2.08. The Morgan fingerprint density at radius 2 is 1.86 bits per heavy atom. The summed E-state index contributed by atoms with van der Waals surface area (Å²) in [6.45, 7) is 1.75. The number of esters is 1. The molecule has 0 fully saturated rings. The number of hydrogen-bond donors (Lipinski definition) is 0. The van der Waals surface area contributed by atoms with Crippen molar-refractivity contribution in [2.75, 3.05) is 0 Å². The number of Topliss-reactive ketones (excluding diaryl/α,β-unsaturated/α-hetero) is 1. The Morgan fingerprint density at radius 3 is 2.59 bits per heavy atom. The van der Waals surface area contributed by atoms with Gasteiger partial charge in [0.25, 0.3) is 0 Å². The molecule has 0 amide bonds. The second kappa shape index (κ2) is 7.70. The Kier molecular flexibility index (Phi) is 5.09. The van der Waals surface area contributed by atoms with E-state index in [1.165, 1.54) is 18.5 Å². The van der Waals surface area contributed by atoms with Crippen molar-refractivity contribution in [3.05, 3.63) is 92.9 Å². The first-order valence-corrected chi connectivity index (χ1v) is 9.34. The molecule has 0 saturated carbocycles. The largest absolute Gasteiger partial charge is 0.452 e. The van der Waals surface area contributed by atoms with Gasteiger partial charge in [0, 0.05) is 28.5 Å². The van der Waals surface area contributed by atoms with Gasteiger partial charge in [-0.25, -0.2) is 4.79 Å². The molecule has 0 aliphatic carbocycles. The van der Waals surface area contributed by atoms with Crippen LogP contribution < -0.4 is 9.47 Å². The molecule has 29 heavy (non-hydrogen) atoms. The predicted molar refractivity (Wildman–Crippen MR) is 110 cm³/mol. The van der Waals surface area contributed by atoms with E-state index in [4.69, 9.17) is 32.7 Å². The van der Waals surface area contributed by atoms with Gasteiger partial charge in [0.2, 0.25) is 5.78 Å². The number of ether oxygens (including phenoxy) is 2. The van der Waals surface area contributed by atoms with Crippen LogP contribution in [0.3, 0.4) is 0 Å². The van der Waals surface area contributed by atoms with Gasteiger partial charge in [0.15, 0.2) is 5.76 Å². The van der Waals surface area contributed by atoms with Crippen LogP contribution in [-0.4, -0.2) is 16.7 Å². The highest BCUT2D eigenvalue weighted by molar-refractivity contribution is 6.35. The first-order valence-electron chi connectivity index (χ1n) is 8.58. The zero-order valence-electron chi connectivity index (χ0n) is 15.1. The van der Waals surface area contributed by atoms with Crippen LogP contribution in [0.4, 0.5) is 0 Å². The predicted octanol–water partition coefficient (Wildman–Crippen LogP) is 5.53. The van der Waals surface area contributed by atoms with Gasteiger partial charge in [-0.3, -0.25) is 9.78 Å². The van der Waals surface area contributed by atoms with E-state index in [-0.39, 0.29) is 17.3 Å². The number of rotatable bonds is 3. The lowest BCUT2D eigenvalue weighted by molar-refractivity contribution is 0.0734. The van der Waals surface area contributed by atoms with Crippen LogP contribution in [0.5, 0.6) is 11.5 Å². The molecule has 4 rings (SSSR count). The molecule has 1 aliphatic rings. The highest BCUT2D eigenvalue weighted by Gasteiger charge is 2.30. The Morgan fingerprint density at radius 1 is 1.10 bits per heavy atom. The second-order valence-electron chi connectivity index (χ2n) is 6.34. The van der Waals surface area contributed by atoms with Crippen molar-refractivity contribution in [3.8, 4) is 11.5 Å². The maximum absolute atomic E-state index is 12.8. The number of pyridine rings is 1. The lowest BCUT2D eigenvalue weighted by atomic mass is 10.0. The average molecular weight is 426 g/mol. The van der Waals surface area contributed by atoms with Crippen molar-refractivity contribution < 1.29 is 19.1 Å². The summed E-state index contributed by atoms with van der Waals surface area (Å²) in [6, 6.07) is 11.2. The number of aryl methyl sites for hydroxylation is 1. The molecule has 144 valence electrons. The summed E-state index contributed by atoms with van der Waals surface area (Å²) in [5.74, 6) is -0.0641. The number of carbonyl (C=O) groups is 2. The summed E-state index contributed by atoms with van der Waals surface area (Å²) < 4.78 is 11.2. The molecule has 5 nitrogen and oxygen atoms in total. The molecule has 0 bridgehead atoms. The third kappa shape index (κ3) is 3.88. The van der Waals surface area contributed by atoms with Crippen LogP contribution in [0.2, 0.25) is 10.0 Å². The number of halogens is 2. The molecule has 0 N–H and O–H groups in total. The van der Waals surface area contributed by atoms with Crippen LogP contribution in [0.15, 0.2) is 60.6 Å². The Hall–Kier alpha value is -3.15. The van der Waals surface area contributed by atoms with Gasteiger partial charge >= 0.3 is 5.97 Å². The number of nitrogens with zero attached hydrogens (tertiary/aromatic N) is 1. The smallest absolute Gasteiger partial charge is 0.343 e. The highest BCUT2D eigenvalue weighted by atomic mass is 35.5. The standard InChI is InChI=1S/C22H13Cl2NO4/c1-12-8-16(28-22(27)13-4-6-25-7-5-13)11-18-20(12)21(26)19(29-18)9-14-2-3-15(23)10-17(14)24/h2-11H,1H3/b19-9-.